The van der Waals surface area contributed by atoms with Crippen molar-refractivity contribution in [1.82, 2.24) is 5.32 Å². The molecule has 0 saturated carbocycles. The van der Waals surface area contributed by atoms with E-state index in [1.807, 2.05) is 4.90 Å². The van der Waals surface area contributed by atoms with Crippen LogP contribution in [0.25, 0.3) is 0 Å². The Morgan fingerprint density at radius 3 is 2.64 bits per heavy atom. The number of carbonyl (C=O) groups excluding carboxylic acids is 1. The number of amides is 1. The third kappa shape index (κ3) is 4.42. The second kappa shape index (κ2) is 7.59. The van der Waals surface area contributed by atoms with Crippen LogP contribution in [0, 0.1) is 0 Å². The monoisotopic (exact) mass is 359 g/mol. The molecule has 2 fully saturated rings. The molecular weight excluding hydrogens is 339 g/mol. The smallest absolute Gasteiger partial charge is 0.378 e. The second-order valence-corrected chi connectivity index (χ2v) is 5.88. The molecule has 2 heterocycles. The topological polar surface area (TPSA) is 62.8 Å². The number of anilines is 2. The average molecular weight is 359 g/mol. The van der Waals surface area contributed by atoms with Crippen LogP contribution in [0.1, 0.15) is 5.56 Å². The third-order valence-corrected chi connectivity index (χ3v) is 4.16. The van der Waals surface area contributed by atoms with Gasteiger partial charge in [0.05, 0.1) is 31.1 Å². The van der Waals surface area contributed by atoms with Gasteiger partial charge in [-0.05, 0) is 18.2 Å². The molecule has 2 saturated heterocycles. The summed E-state index contributed by atoms with van der Waals surface area (Å²) in [5.74, 6) is -0.586. The van der Waals surface area contributed by atoms with Gasteiger partial charge >= 0.3 is 6.18 Å². The molecule has 25 heavy (non-hydrogen) atoms. The Hall–Kier alpha value is -1.84. The summed E-state index contributed by atoms with van der Waals surface area (Å²) in [6.45, 7) is 3.26. The van der Waals surface area contributed by atoms with Crippen molar-refractivity contribution >= 4 is 17.3 Å². The highest BCUT2D eigenvalue weighted by Crippen LogP contribution is 2.37. The summed E-state index contributed by atoms with van der Waals surface area (Å²) in [6, 6.07) is 3.94. The molecule has 2 aliphatic heterocycles. The molecule has 0 unspecified atom stereocenters. The van der Waals surface area contributed by atoms with E-state index in [-0.39, 0.29) is 12.2 Å². The lowest BCUT2D eigenvalue weighted by molar-refractivity contribution is -0.137. The summed E-state index contributed by atoms with van der Waals surface area (Å²) in [4.78, 5) is 14.0. The Kier molecular flexibility index (Phi) is 5.45. The molecule has 138 valence electrons. The second-order valence-electron chi connectivity index (χ2n) is 5.88. The summed E-state index contributed by atoms with van der Waals surface area (Å²) < 4.78 is 50.9. The molecule has 0 radical (unpaired) electrons. The van der Waals surface area contributed by atoms with E-state index in [9.17, 15) is 18.0 Å². The first-order chi connectivity index (χ1) is 11.9. The van der Waals surface area contributed by atoms with Gasteiger partial charge in [-0.15, -0.1) is 0 Å². The Bertz CT molecular complexity index is 612. The van der Waals surface area contributed by atoms with Gasteiger partial charge in [-0.25, -0.2) is 0 Å². The van der Waals surface area contributed by atoms with E-state index in [1.54, 1.807) is 6.07 Å². The predicted octanol–water partition coefficient (Wildman–Crippen LogP) is 1.47. The summed E-state index contributed by atoms with van der Waals surface area (Å²) in [5.41, 5.74) is -0.665. The first kappa shape index (κ1) is 18.0. The molecular formula is C16H20F3N3O3. The summed E-state index contributed by atoms with van der Waals surface area (Å²) in [5, 5.41) is 5.32. The molecule has 1 aromatic rings. The zero-order valence-electron chi connectivity index (χ0n) is 13.6. The number of benzene rings is 1. The van der Waals surface area contributed by atoms with E-state index in [4.69, 9.17) is 9.47 Å². The fourth-order valence-corrected chi connectivity index (χ4v) is 2.84. The van der Waals surface area contributed by atoms with Crippen LogP contribution in [0.4, 0.5) is 24.5 Å². The van der Waals surface area contributed by atoms with Crippen LogP contribution in [0.5, 0.6) is 0 Å². The molecule has 0 aliphatic carbocycles. The minimum absolute atomic E-state index is 0.260. The highest BCUT2D eigenvalue weighted by molar-refractivity contribution is 5.95. The number of nitrogens with zero attached hydrogens (tertiary/aromatic N) is 1. The lowest BCUT2D eigenvalue weighted by atomic mass is 10.1. The normalized spacial score (nSPS) is 21.9. The SMILES string of the molecule is O=C(Nc1ccc(N2CCOCC2)cc1C(F)(F)F)[C@@H]1CNCCO1. The quantitative estimate of drug-likeness (QED) is 0.856. The molecule has 0 bridgehead atoms. The summed E-state index contributed by atoms with van der Waals surface area (Å²) >= 11 is 0. The van der Waals surface area contributed by atoms with Gasteiger partial charge in [-0.3, -0.25) is 4.79 Å². The number of halogens is 3. The molecule has 0 aromatic heterocycles. The van der Waals surface area contributed by atoms with E-state index in [2.05, 4.69) is 10.6 Å². The van der Waals surface area contributed by atoms with Gasteiger partial charge in [0, 0.05) is 31.9 Å². The van der Waals surface area contributed by atoms with E-state index in [0.717, 1.165) is 6.07 Å². The number of hydrogen-bond acceptors (Lipinski definition) is 5. The van der Waals surface area contributed by atoms with Crippen LogP contribution in [-0.4, -0.2) is 58.0 Å². The van der Waals surface area contributed by atoms with E-state index < -0.39 is 23.8 Å². The van der Waals surface area contributed by atoms with E-state index >= 15 is 0 Å². The van der Waals surface area contributed by atoms with Crippen LogP contribution in [0.2, 0.25) is 0 Å². The van der Waals surface area contributed by atoms with Gasteiger partial charge in [-0.2, -0.15) is 13.2 Å². The van der Waals surface area contributed by atoms with Crippen LogP contribution >= 0.6 is 0 Å². The molecule has 3 rings (SSSR count). The molecule has 2 N–H and O–H groups in total. The van der Waals surface area contributed by atoms with Crippen molar-refractivity contribution < 1.29 is 27.4 Å². The van der Waals surface area contributed by atoms with Crippen molar-refractivity contribution in [3.05, 3.63) is 23.8 Å². The summed E-state index contributed by atoms with van der Waals surface area (Å²) in [6.07, 6.45) is -5.37. The van der Waals surface area contributed by atoms with E-state index in [0.29, 0.717) is 45.1 Å². The third-order valence-electron chi connectivity index (χ3n) is 4.16. The zero-order valence-corrected chi connectivity index (χ0v) is 13.6. The maximum absolute atomic E-state index is 13.5. The van der Waals surface area contributed by atoms with Gasteiger partial charge in [0.2, 0.25) is 0 Å². The Labute approximate surface area is 143 Å². The fraction of sp³-hybridized carbons (Fsp3) is 0.562. The first-order valence-electron chi connectivity index (χ1n) is 8.12. The molecule has 2 aliphatic rings. The Balaban J connectivity index is 1.81. The van der Waals surface area contributed by atoms with Crippen molar-refractivity contribution in [3.63, 3.8) is 0 Å². The molecule has 6 nitrogen and oxygen atoms in total. The maximum Gasteiger partial charge on any atom is 0.418 e. The number of ether oxygens (including phenoxy) is 2. The van der Waals surface area contributed by atoms with Crippen LogP contribution in [0.15, 0.2) is 18.2 Å². The highest BCUT2D eigenvalue weighted by atomic mass is 19.4. The van der Waals surface area contributed by atoms with E-state index in [1.165, 1.54) is 6.07 Å². The van der Waals surface area contributed by atoms with Gasteiger partial charge in [0.1, 0.15) is 6.10 Å². The largest absolute Gasteiger partial charge is 0.418 e. The minimum Gasteiger partial charge on any atom is -0.378 e. The molecule has 1 atom stereocenters. The standard InChI is InChI=1S/C16H20F3N3O3/c17-16(18,19)12-9-11(22-4-7-24-8-5-22)1-2-13(12)21-15(23)14-10-20-3-6-25-14/h1-2,9,14,20H,3-8,10H2,(H,21,23)/t14-/m0/s1. The number of morpholine rings is 2. The van der Waals surface area contributed by atoms with Gasteiger partial charge in [0.25, 0.3) is 5.91 Å². The number of carbonyl (C=O) groups is 1. The van der Waals surface area contributed by atoms with Gasteiger partial charge in [-0.1, -0.05) is 0 Å². The lowest BCUT2D eigenvalue weighted by Crippen LogP contribution is -2.45. The van der Waals surface area contributed by atoms with Crippen molar-refractivity contribution in [1.29, 1.82) is 0 Å². The van der Waals surface area contributed by atoms with Gasteiger partial charge in [0.15, 0.2) is 0 Å². The van der Waals surface area contributed by atoms with Crippen molar-refractivity contribution in [2.24, 2.45) is 0 Å². The number of nitrogens with one attached hydrogen (secondary N) is 2. The van der Waals surface area contributed by atoms with Crippen LogP contribution < -0.4 is 15.5 Å². The van der Waals surface area contributed by atoms with Crippen molar-refractivity contribution in [2.75, 3.05) is 56.2 Å². The van der Waals surface area contributed by atoms with Crippen molar-refractivity contribution in [3.8, 4) is 0 Å². The first-order valence-corrected chi connectivity index (χ1v) is 8.12. The number of rotatable bonds is 3. The van der Waals surface area contributed by atoms with Gasteiger partial charge < -0.3 is 25.0 Å². The number of hydrogen-bond donors (Lipinski definition) is 2. The molecule has 9 heteroatoms. The van der Waals surface area contributed by atoms with Crippen LogP contribution in [0.3, 0.4) is 0 Å². The van der Waals surface area contributed by atoms with Crippen LogP contribution in [-0.2, 0) is 20.4 Å². The average Bonchev–Trinajstić information content (AvgIpc) is 2.62. The van der Waals surface area contributed by atoms with Crippen molar-refractivity contribution in [2.45, 2.75) is 12.3 Å². The number of alkyl halides is 3. The minimum atomic E-state index is -4.57. The summed E-state index contributed by atoms with van der Waals surface area (Å²) in [7, 11) is 0. The highest BCUT2D eigenvalue weighted by Gasteiger charge is 2.35. The Morgan fingerprint density at radius 2 is 2.00 bits per heavy atom. The zero-order chi connectivity index (χ0) is 17.9. The predicted molar refractivity (Wildman–Crippen MR) is 85.7 cm³/mol. The molecule has 1 aromatic carbocycles. The lowest BCUT2D eigenvalue weighted by Gasteiger charge is -2.30. The molecule has 1 amide bonds. The fourth-order valence-electron chi connectivity index (χ4n) is 2.84. The molecule has 0 spiro atoms. The Morgan fingerprint density at radius 1 is 1.24 bits per heavy atom. The maximum atomic E-state index is 13.5.